The van der Waals surface area contributed by atoms with Crippen molar-refractivity contribution in [3.05, 3.63) is 59.3 Å². The predicted molar refractivity (Wildman–Crippen MR) is 85.4 cm³/mol. The number of alkyl halides is 6. The van der Waals surface area contributed by atoms with Gasteiger partial charge in [-0.15, -0.1) is 0 Å². The standard InChI is InChI=1S/C18H14F6N2O2/c19-17(20,21)12-5-3-11(4-6-12)8-15(27)26-9-13(10-26)28-16-14(18(22,23)24)2-1-7-25-16/h1-7,13H,8-10H2. The summed E-state index contributed by atoms with van der Waals surface area (Å²) in [5, 5.41) is 0. The predicted octanol–water partition coefficient (Wildman–Crippen LogP) is 3.95. The summed E-state index contributed by atoms with van der Waals surface area (Å²) < 4.78 is 81.6. The van der Waals surface area contributed by atoms with E-state index in [-0.39, 0.29) is 25.4 Å². The largest absolute Gasteiger partial charge is 0.470 e. The van der Waals surface area contributed by atoms with Crippen LogP contribution < -0.4 is 4.74 Å². The van der Waals surface area contributed by atoms with Crippen LogP contribution in [-0.2, 0) is 23.6 Å². The Morgan fingerprint density at radius 3 is 2.25 bits per heavy atom. The van der Waals surface area contributed by atoms with Gasteiger partial charge in [-0.3, -0.25) is 4.79 Å². The van der Waals surface area contributed by atoms with Crippen molar-refractivity contribution in [2.24, 2.45) is 0 Å². The smallest absolute Gasteiger partial charge is 0.421 e. The lowest BCUT2D eigenvalue weighted by molar-refractivity contribution is -0.144. The van der Waals surface area contributed by atoms with Crippen LogP contribution in [0.2, 0.25) is 0 Å². The molecule has 10 heteroatoms. The Balaban J connectivity index is 1.54. The maximum atomic E-state index is 12.9. The third kappa shape index (κ3) is 4.55. The number of likely N-dealkylation sites (tertiary alicyclic amines) is 1. The van der Waals surface area contributed by atoms with E-state index in [0.717, 1.165) is 24.3 Å². The number of rotatable bonds is 4. The highest BCUT2D eigenvalue weighted by molar-refractivity contribution is 5.79. The van der Waals surface area contributed by atoms with Crippen molar-refractivity contribution in [1.29, 1.82) is 0 Å². The number of aromatic nitrogens is 1. The quantitative estimate of drug-likeness (QED) is 0.725. The molecule has 28 heavy (non-hydrogen) atoms. The number of ether oxygens (including phenoxy) is 1. The number of pyridine rings is 1. The number of hydrogen-bond donors (Lipinski definition) is 0. The molecule has 2 aromatic rings. The van der Waals surface area contributed by atoms with E-state index in [9.17, 15) is 31.1 Å². The number of amides is 1. The molecule has 1 fully saturated rings. The molecule has 1 aliphatic heterocycles. The van der Waals surface area contributed by atoms with E-state index in [1.807, 2.05) is 0 Å². The van der Waals surface area contributed by atoms with Crippen LogP contribution in [0.3, 0.4) is 0 Å². The van der Waals surface area contributed by atoms with E-state index in [1.165, 1.54) is 23.2 Å². The third-order valence-corrected chi connectivity index (χ3v) is 4.19. The highest BCUT2D eigenvalue weighted by atomic mass is 19.4. The highest BCUT2D eigenvalue weighted by Gasteiger charge is 2.38. The van der Waals surface area contributed by atoms with Gasteiger partial charge < -0.3 is 9.64 Å². The van der Waals surface area contributed by atoms with Gasteiger partial charge in [-0.1, -0.05) is 12.1 Å². The monoisotopic (exact) mass is 404 g/mol. The Hall–Kier alpha value is -2.78. The lowest BCUT2D eigenvalue weighted by Gasteiger charge is -2.39. The molecule has 4 nitrogen and oxygen atoms in total. The van der Waals surface area contributed by atoms with Crippen LogP contribution in [0.1, 0.15) is 16.7 Å². The average molecular weight is 404 g/mol. The summed E-state index contributed by atoms with van der Waals surface area (Å²) in [5.74, 6) is -0.897. The number of hydrogen-bond acceptors (Lipinski definition) is 3. The van der Waals surface area contributed by atoms with Crippen molar-refractivity contribution < 1.29 is 35.9 Å². The van der Waals surface area contributed by atoms with Crippen LogP contribution in [-0.4, -0.2) is 35.0 Å². The number of carbonyl (C=O) groups excluding carboxylic acids is 1. The minimum Gasteiger partial charge on any atom is -0.470 e. The van der Waals surface area contributed by atoms with Crippen LogP contribution in [0.15, 0.2) is 42.6 Å². The Morgan fingerprint density at radius 2 is 1.68 bits per heavy atom. The lowest BCUT2D eigenvalue weighted by Crippen LogP contribution is -2.56. The van der Waals surface area contributed by atoms with Gasteiger partial charge in [0.1, 0.15) is 11.7 Å². The lowest BCUT2D eigenvalue weighted by atomic mass is 10.1. The van der Waals surface area contributed by atoms with Gasteiger partial charge in [0.2, 0.25) is 11.8 Å². The minimum atomic E-state index is -4.61. The van der Waals surface area contributed by atoms with Gasteiger partial charge in [-0.25, -0.2) is 4.98 Å². The molecule has 1 aliphatic rings. The maximum Gasteiger partial charge on any atom is 0.421 e. The van der Waals surface area contributed by atoms with Crippen LogP contribution in [0.4, 0.5) is 26.3 Å². The molecule has 2 heterocycles. The minimum absolute atomic E-state index is 0.0767. The molecule has 0 saturated carbocycles. The second-order valence-corrected chi connectivity index (χ2v) is 6.26. The molecule has 0 spiro atoms. The van der Waals surface area contributed by atoms with E-state index < -0.39 is 35.5 Å². The molecule has 0 radical (unpaired) electrons. The first-order valence-corrected chi connectivity index (χ1v) is 8.17. The molecule has 0 aliphatic carbocycles. The highest BCUT2D eigenvalue weighted by Crippen LogP contribution is 2.35. The molecule has 1 aromatic carbocycles. The van der Waals surface area contributed by atoms with E-state index >= 15 is 0 Å². The Bertz CT molecular complexity index is 842. The van der Waals surface area contributed by atoms with Gasteiger partial charge in [0.15, 0.2) is 0 Å². The third-order valence-electron chi connectivity index (χ3n) is 4.19. The zero-order chi connectivity index (χ0) is 20.5. The van der Waals surface area contributed by atoms with Crippen LogP contribution in [0.5, 0.6) is 5.88 Å². The van der Waals surface area contributed by atoms with Crippen molar-refractivity contribution in [3.63, 3.8) is 0 Å². The maximum absolute atomic E-state index is 12.9. The summed E-state index contributed by atoms with van der Waals surface area (Å²) in [6.45, 7) is 0.153. The molecule has 1 aromatic heterocycles. The van der Waals surface area contributed by atoms with E-state index in [2.05, 4.69) is 4.98 Å². The molecule has 3 rings (SSSR count). The average Bonchev–Trinajstić information content (AvgIpc) is 2.56. The molecular weight excluding hydrogens is 390 g/mol. The van der Waals surface area contributed by atoms with Gasteiger partial charge >= 0.3 is 12.4 Å². The van der Waals surface area contributed by atoms with Crippen LogP contribution in [0, 0.1) is 0 Å². The first-order chi connectivity index (χ1) is 13.0. The van der Waals surface area contributed by atoms with Crippen molar-refractivity contribution in [3.8, 4) is 5.88 Å². The Labute approximate surface area is 155 Å². The molecule has 0 atom stereocenters. The molecule has 0 bridgehead atoms. The van der Waals surface area contributed by atoms with Gasteiger partial charge in [0.05, 0.1) is 25.1 Å². The van der Waals surface area contributed by atoms with E-state index in [4.69, 9.17) is 4.74 Å². The van der Waals surface area contributed by atoms with Gasteiger partial charge in [-0.05, 0) is 29.8 Å². The van der Waals surface area contributed by atoms with Crippen LogP contribution in [0.25, 0.3) is 0 Å². The van der Waals surface area contributed by atoms with E-state index in [0.29, 0.717) is 5.56 Å². The molecule has 0 N–H and O–H groups in total. The van der Waals surface area contributed by atoms with E-state index in [1.54, 1.807) is 0 Å². The SMILES string of the molecule is O=C(Cc1ccc(C(F)(F)F)cc1)N1CC(Oc2ncccc2C(F)(F)F)C1. The normalized spacial score (nSPS) is 15.3. The van der Waals surface area contributed by atoms with Gasteiger partial charge in [0, 0.05) is 6.20 Å². The summed E-state index contributed by atoms with van der Waals surface area (Å²) >= 11 is 0. The second kappa shape index (κ2) is 7.33. The molecular formula is C18H14F6N2O2. The van der Waals surface area contributed by atoms with Gasteiger partial charge in [-0.2, -0.15) is 26.3 Å². The topological polar surface area (TPSA) is 42.4 Å². The zero-order valence-corrected chi connectivity index (χ0v) is 14.2. The zero-order valence-electron chi connectivity index (χ0n) is 14.2. The number of halogens is 6. The van der Waals surface area contributed by atoms with Crippen molar-refractivity contribution >= 4 is 5.91 Å². The van der Waals surface area contributed by atoms with Gasteiger partial charge in [0.25, 0.3) is 0 Å². The molecule has 1 amide bonds. The summed E-state index contributed by atoms with van der Waals surface area (Å²) in [5.41, 5.74) is -1.40. The summed E-state index contributed by atoms with van der Waals surface area (Å²) in [7, 11) is 0. The number of nitrogens with zero attached hydrogens (tertiary/aromatic N) is 2. The number of carbonyl (C=O) groups is 1. The fraction of sp³-hybridized carbons (Fsp3) is 0.333. The number of benzene rings is 1. The first kappa shape index (κ1) is 20.0. The summed E-state index contributed by atoms with van der Waals surface area (Å²) in [6, 6.07) is 6.23. The molecule has 150 valence electrons. The van der Waals surface area contributed by atoms with Crippen LogP contribution >= 0.6 is 0 Å². The van der Waals surface area contributed by atoms with Crippen molar-refractivity contribution in [2.75, 3.05) is 13.1 Å². The second-order valence-electron chi connectivity index (χ2n) is 6.26. The first-order valence-electron chi connectivity index (χ1n) is 8.17. The van der Waals surface area contributed by atoms with Crippen molar-refractivity contribution in [2.45, 2.75) is 24.9 Å². The van der Waals surface area contributed by atoms with Crippen molar-refractivity contribution in [1.82, 2.24) is 9.88 Å². The molecule has 1 saturated heterocycles. The summed E-state index contributed by atoms with van der Waals surface area (Å²) in [4.78, 5) is 17.1. The summed E-state index contributed by atoms with van der Waals surface area (Å²) in [6.07, 6.45) is -8.62. The Kier molecular flexibility index (Phi) is 5.22. The fourth-order valence-corrected chi connectivity index (χ4v) is 2.67. The molecule has 0 unspecified atom stereocenters. The fourth-order valence-electron chi connectivity index (χ4n) is 2.67. The Morgan fingerprint density at radius 1 is 1.04 bits per heavy atom.